The number of fused-ring (bicyclic) bond motifs is 1. The third-order valence-electron chi connectivity index (χ3n) is 3.55. The van der Waals surface area contributed by atoms with Gasteiger partial charge in [0.05, 0.1) is 6.04 Å². The predicted molar refractivity (Wildman–Crippen MR) is 89.6 cm³/mol. The van der Waals surface area contributed by atoms with E-state index < -0.39 is 0 Å². The first-order valence-corrected chi connectivity index (χ1v) is 6.73. The van der Waals surface area contributed by atoms with Gasteiger partial charge in [-0.15, -0.1) is 35.0 Å². The molecule has 1 atom stereocenters. The lowest BCUT2D eigenvalue weighted by Gasteiger charge is -2.14. The number of aromatic nitrogens is 3. The van der Waals surface area contributed by atoms with Crippen LogP contribution in [0.25, 0.3) is 0 Å². The molecule has 0 saturated heterocycles. The van der Waals surface area contributed by atoms with Gasteiger partial charge in [0, 0.05) is 24.2 Å². The largest absolute Gasteiger partial charge is 0.399 e. The molecule has 8 heteroatoms. The van der Waals surface area contributed by atoms with Crippen LogP contribution < -0.4 is 11.1 Å². The molecule has 120 valence electrons. The van der Waals surface area contributed by atoms with Crippen molar-refractivity contribution in [3.63, 3.8) is 0 Å². The summed E-state index contributed by atoms with van der Waals surface area (Å²) < 4.78 is 2.09. The molecular formula is C14H19Cl2N5O. The highest BCUT2D eigenvalue weighted by Crippen LogP contribution is 2.19. The van der Waals surface area contributed by atoms with Gasteiger partial charge in [-0.2, -0.15) is 0 Å². The summed E-state index contributed by atoms with van der Waals surface area (Å²) in [6.45, 7) is 2.85. The zero-order chi connectivity index (χ0) is 14.1. The second-order valence-electron chi connectivity index (χ2n) is 5.05. The van der Waals surface area contributed by atoms with Gasteiger partial charge in [-0.05, 0) is 37.6 Å². The van der Waals surface area contributed by atoms with Crippen molar-refractivity contribution in [2.75, 3.05) is 5.73 Å². The van der Waals surface area contributed by atoms with E-state index in [1.165, 1.54) is 0 Å². The Labute approximate surface area is 141 Å². The Morgan fingerprint density at radius 3 is 2.64 bits per heavy atom. The number of carbonyl (C=O) groups excluding carboxylic acids is 1. The van der Waals surface area contributed by atoms with Gasteiger partial charge < -0.3 is 15.6 Å². The molecule has 3 rings (SSSR count). The molecular weight excluding hydrogens is 325 g/mol. The number of nitrogens with zero attached hydrogens (tertiary/aromatic N) is 3. The van der Waals surface area contributed by atoms with E-state index in [0.717, 1.165) is 31.0 Å². The smallest absolute Gasteiger partial charge is 0.251 e. The number of aryl methyl sites for hydroxylation is 1. The Balaban J connectivity index is 0.00000121. The van der Waals surface area contributed by atoms with Crippen molar-refractivity contribution in [2.45, 2.75) is 32.4 Å². The van der Waals surface area contributed by atoms with E-state index in [-0.39, 0.29) is 36.8 Å². The zero-order valence-corrected chi connectivity index (χ0v) is 13.8. The number of nitrogen functional groups attached to an aromatic ring is 1. The van der Waals surface area contributed by atoms with Crippen molar-refractivity contribution in [1.82, 2.24) is 20.1 Å². The maximum absolute atomic E-state index is 12.2. The molecule has 2 heterocycles. The molecule has 6 nitrogen and oxygen atoms in total. The van der Waals surface area contributed by atoms with Crippen molar-refractivity contribution < 1.29 is 4.79 Å². The van der Waals surface area contributed by atoms with Gasteiger partial charge in [-0.3, -0.25) is 4.79 Å². The number of nitrogens with one attached hydrogen (secondary N) is 1. The quantitative estimate of drug-likeness (QED) is 0.836. The number of amides is 1. The lowest BCUT2D eigenvalue weighted by Crippen LogP contribution is -2.28. The second-order valence-corrected chi connectivity index (χ2v) is 5.05. The fourth-order valence-electron chi connectivity index (χ4n) is 2.47. The van der Waals surface area contributed by atoms with Gasteiger partial charge in [0.15, 0.2) is 5.82 Å². The molecule has 0 bridgehead atoms. The topological polar surface area (TPSA) is 85.8 Å². The third-order valence-corrected chi connectivity index (χ3v) is 3.55. The Bertz CT molecular complexity index is 641. The number of hydrogen-bond donors (Lipinski definition) is 2. The molecule has 0 saturated carbocycles. The average molecular weight is 344 g/mol. The van der Waals surface area contributed by atoms with Crippen LogP contribution in [-0.2, 0) is 13.0 Å². The maximum atomic E-state index is 12.2. The van der Waals surface area contributed by atoms with Crippen LogP contribution in [0.3, 0.4) is 0 Å². The minimum absolute atomic E-state index is 0. The standard InChI is InChI=1S/C14H17N5O.2ClH/c1-9(13-18-17-12-3-2-8-19(12)13)16-14(20)10-4-6-11(15)7-5-10;;/h4-7,9H,2-3,8,15H2,1H3,(H,16,20);2*1H. The minimum atomic E-state index is -0.167. The van der Waals surface area contributed by atoms with Crippen LogP contribution in [0.1, 0.15) is 41.4 Å². The van der Waals surface area contributed by atoms with Crippen molar-refractivity contribution in [3.05, 3.63) is 41.5 Å². The number of carbonyl (C=O) groups is 1. The summed E-state index contributed by atoms with van der Waals surface area (Å²) in [4.78, 5) is 12.2. The molecule has 22 heavy (non-hydrogen) atoms. The second kappa shape index (κ2) is 7.47. The lowest BCUT2D eigenvalue weighted by molar-refractivity contribution is 0.0937. The van der Waals surface area contributed by atoms with Crippen molar-refractivity contribution in [1.29, 1.82) is 0 Å². The van der Waals surface area contributed by atoms with Crippen LogP contribution in [0.4, 0.5) is 5.69 Å². The van der Waals surface area contributed by atoms with Crippen LogP contribution in [0.15, 0.2) is 24.3 Å². The van der Waals surface area contributed by atoms with Crippen LogP contribution in [-0.4, -0.2) is 20.7 Å². The number of hydrogen-bond acceptors (Lipinski definition) is 4. The Kier molecular flexibility index (Phi) is 6.20. The van der Waals surface area contributed by atoms with Crippen molar-refractivity contribution in [3.8, 4) is 0 Å². The van der Waals surface area contributed by atoms with Gasteiger partial charge in [0.2, 0.25) is 0 Å². The summed E-state index contributed by atoms with van der Waals surface area (Å²) in [6, 6.07) is 6.69. The molecule has 1 aliphatic heterocycles. The lowest BCUT2D eigenvalue weighted by atomic mass is 10.2. The molecule has 0 aliphatic carbocycles. The Hall–Kier alpha value is -1.79. The fourth-order valence-corrected chi connectivity index (χ4v) is 2.47. The van der Waals surface area contributed by atoms with Crippen LogP contribution >= 0.6 is 24.8 Å². The predicted octanol–water partition coefficient (Wildman–Crippen LogP) is 2.14. The summed E-state index contributed by atoms with van der Waals surface area (Å²) in [7, 11) is 0. The number of halogens is 2. The first kappa shape index (κ1) is 18.3. The summed E-state index contributed by atoms with van der Waals surface area (Å²) >= 11 is 0. The molecule has 3 N–H and O–H groups in total. The van der Waals surface area contributed by atoms with Gasteiger partial charge in [0.1, 0.15) is 5.82 Å². The first-order valence-electron chi connectivity index (χ1n) is 6.73. The van der Waals surface area contributed by atoms with E-state index in [9.17, 15) is 4.79 Å². The normalized spacial score (nSPS) is 13.5. The summed E-state index contributed by atoms with van der Waals surface area (Å²) in [5.41, 5.74) is 6.85. The summed E-state index contributed by atoms with van der Waals surface area (Å²) in [5, 5.41) is 11.3. The molecule has 1 unspecified atom stereocenters. The zero-order valence-electron chi connectivity index (χ0n) is 12.2. The molecule has 1 aromatic heterocycles. The molecule has 1 aliphatic rings. The van der Waals surface area contributed by atoms with Gasteiger partial charge in [0.25, 0.3) is 5.91 Å². The number of anilines is 1. The number of rotatable bonds is 3. The molecule has 0 radical (unpaired) electrons. The Morgan fingerprint density at radius 1 is 1.27 bits per heavy atom. The average Bonchev–Trinajstić information content (AvgIpc) is 3.01. The van der Waals surface area contributed by atoms with Crippen molar-refractivity contribution in [2.24, 2.45) is 0 Å². The van der Waals surface area contributed by atoms with Crippen LogP contribution in [0, 0.1) is 0 Å². The molecule has 0 fully saturated rings. The van der Waals surface area contributed by atoms with Gasteiger partial charge >= 0.3 is 0 Å². The van der Waals surface area contributed by atoms with E-state index in [4.69, 9.17) is 5.73 Å². The summed E-state index contributed by atoms with van der Waals surface area (Å²) in [6.07, 6.45) is 2.06. The fraction of sp³-hybridized carbons (Fsp3) is 0.357. The highest BCUT2D eigenvalue weighted by Gasteiger charge is 2.22. The molecule has 1 amide bonds. The first-order chi connectivity index (χ1) is 9.65. The van der Waals surface area contributed by atoms with Gasteiger partial charge in [-0.25, -0.2) is 0 Å². The Morgan fingerprint density at radius 2 is 1.95 bits per heavy atom. The number of nitrogens with two attached hydrogens (primary N) is 1. The van der Waals surface area contributed by atoms with Crippen LogP contribution in [0.5, 0.6) is 0 Å². The van der Waals surface area contributed by atoms with E-state index in [0.29, 0.717) is 11.3 Å². The number of benzene rings is 1. The van der Waals surface area contributed by atoms with E-state index in [1.807, 2.05) is 6.92 Å². The third kappa shape index (κ3) is 3.51. The van der Waals surface area contributed by atoms with Crippen molar-refractivity contribution >= 4 is 36.4 Å². The monoisotopic (exact) mass is 343 g/mol. The van der Waals surface area contributed by atoms with E-state index in [2.05, 4.69) is 20.1 Å². The minimum Gasteiger partial charge on any atom is -0.399 e. The maximum Gasteiger partial charge on any atom is 0.251 e. The summed E-state index contributed by atoms with van der Waals surface area (Å²) in [5.74, 6) is 1.70. The highest BCUT2D eigenvalue weighted by molar-refractivity contribution is 5.94. The van der Waals surface area contributed by atoms with Crippen LogP contribution in [0.2, 0.25) is 0 Å². The highest BCUT2D eigenvalue weighted by atomic mass is 35.5. The van der Waals surface area contributed by atoms with Gasteiger partial charge in [-0.1, -0.05) is 0 Å². The van der Waals surface area contributed by atoms with E-state index in [1.54, 1.807) is 24.3 Å². The SMILES string of the molecule is CC(NC(=O)c1ccc(N)cc1)c1nnc2n1CCC2.Cl.Cl. The molecule has 1 aromatic carbocycles. The van der Waals surface area contributed by atoms with E-state index >= 15 is 0 Å². The molecule has 0 spiro atoms. The molecule has 2 aromatic rings.